The maximum absolute atomic E-state index is 15.0. The topological polar surface area (TPSA) is 116 Å². The number of rotatable bonds is 11. The van der Waals surface area contributed by atoms with Crippen molar-refractivity contribution in [2.24, 2.45) is 5.92 Å². The third-order valence-electron chi connectivity index (χ3n) is 9.76. The number of aromatic nitrogens is 6. The molecule has 12 nitrogen and oxygen atoms in total. The van der Waals surface area contributed by atoms with Crippen LogP contribution in [0.1, 0.15) is 31.9 Å². The number of anilines is 2. The molecule has 0 radical (unpaired) electrons. The summed E-state index contributed by atoms with van der Waals surface area (Å²) < 4.78 is 45.5. The Kier molecular flexibility index (Phi) is 9.38. The number of hydrogen-bond donors (Lipinski definition) is 1. The largest absolute Gasteiger partial charge is 0.493 e. The highest BCUT2D eigenvalue weighted by Crippen LogP contribution is 2.42. The number of piperazine rings is 1. The standard InChI is InChI=1S/C36H40F2N8O4/c1-25(26(2)47)46-35(48)45(24-41-46)31-6-4-29(5-7-31)42-13-15-43(16-14-42)30-8-10-32(11-9-30)49-19-27-18-36(50-20-27,21-44-23-39-22-40-44)33-12-3-28(37)17-34(33)38/h3-12,17,22-27,47H,13-16,18-21H2,1-2H3/t25-,26-,27+,36-/m0/s1. The lowest BCUT2D eigenvalue weighted by Gasteiger charge is -2.37. The molecule has 2 saturated heterocycles. The van der Waals surface area contributed by atoms with Gasteiger partial charge in [0.2, 0.25) is 0 Å². The van der Waals surface area contributed by atoms with Crippen molar-refractivity contribution < 1.29 is 23.4 Å². The molecule has 2 aliphatic heterocycles. The van der Waals surface area contributed by atoms with Gasteiger partial charge in [-0.15, -0.1) is 0 Å². The molecule has 0 amide bonds. The number of halogens is 2. The van der Waals surface area contributed by atoms with Gasteiger partial charge in [0.15, 0.2) is 0 Å². The van der Waals surface area contributed by atoms with Gasteiger partial charge < -0.3 is 24.4 Å². The Bertz CT molecular complexity index is 1940. The third kappa shape index (κ3) is 6.85. The zero-order chi connectivity index (χ0) is 34.8. The minimum absolute atomic E-state index is 0.0118. The summed E-state index contributed by atoms with van der Waals surface area (Å²) >= 11 is 0. The van der Waals surface area contributed by atoms with Gasteiger partial charge in [-0.1, -0.05) is 6.07 Å². The summed E-state index contributed by atoms with van der Waals surface area (Å²) in [4.78, 5) is 21.5. The van der Waals surface area contributed by atoms with Crippen molar-refractivity contribution in [3.63, 3.8) is 0 Å². The summed E-state index contributed by atoms with van der Waals surface area (Å²) in [5, 5.41) is 18.2. The zero-order valence-electron chi connectivity index (χ0n) is 28.0. The van der Waals surface area contributed by atoms with Crippen LogP contribution in [0.25, 0.3) is 5.69 Å². The van der Waals surface area contributed by atoms with Crippen LogP contribution in [-0.4, -0.2) is 79.7 Å². The lowest BCUT2D eigenvalue weighted by molar-refractivity contribution is -0.0206. The Balaban J connectivity index is 0.924. The van der Waals surface area contributed by atoms with Gasteiger partial charge in [-0.05, 0) is 74.9 Å². The minimum atomic E-state index is -1.02. The highest BCUT2D eigenvalue weighted by Gasteiger charge is 2.44. The molecule has 3 aromatic carbocycles. The van der Waals surface area contributed by atoms with Gasteiger partial charge >= 0.3 is 5.69 Å². The first-order valence-corrected chi connectivity index (χ1v) is 16.8. The quantitative estimate of drug-likeness (QED) is 0.219. The second-order valence-electron chi connectivity index (χ2n) is 13.1. The Morgan fingerprint density at radius 3 is 2.20 bits per heavy atom. The lowest BCUT2D eigenvalue weighted by atomic mass is 9.87. The van der Waals surface area contributed by atoms with Crippen LogP contribution in [0.3, 0.4) is 0 Å². The molecule has 2 aliphatic rings. The van der Waals surface area contributed by atoms with E-state index in [2.05, 4.69) is 37.1 Å². The molecule has 0 bridgehead atoms. The fourth-order valence-corrected chi connectivity index (χ4v) is 6.78. The first kappa shape index (κ1) is 33.4. The monoisotopic (exact) mass is 686 g/mol. The second-order valence-corrected chi connectivity index (χ2v) is 13.1. The molecule has 0 saturated carbocycles. The number of aliphatic hydroxyl groups excluding tert-OH is 1. The zero-order valence-corrected chi connectivity index (χ0v) is 28.0. The van der Waals surface area contributed by atoms with Gasteiger partial charge in [0.25, 0.3) is 0 Å². The SMILES string of the molecule is C[C@H](O)[C@H](C)n1ncn(-c2ccc(N3CCN(c4ccc(OC[C@@H]5CO[C@@](Cn6cncn6)(c6ccc(F)cc6F)C5)cc4)CC3)cc2)c1=O. The van der Waals surface area contributed by atoms with Gasteiger partial charge in [0.05, 0.1) is 37.6 Å². The smallest absolute Gasteiger partial charge is 0.350 e. The summed E-state index contributed by atoms with van der Waals surface area (Å²) in [7, 11) is 0. The highest BCUT2D eigenvalue weighted by atomic mass is 19.1. The molecule has 50 heavy (non-hydrogen) atoms. The van der Waals surface area contributed by atoms with Crippen molar-refractivity contribution >= 4 is 11.4 Å². The van der Waals surface area contributed by atoms with Crippen LogP contribution in [0.15, 0.2) is 90.5 Å². The third-order valence-corrected chi connectivity index (χ3v) is 9.76. The molecule has 2 aromatic heterocycles. The van der Waals surface area contributed by atoms with E-state index in [1.54, 1.807) is 24.9 Å². The Hall–Kier alpha value is -5.08. The molecular weight excluding hydrogens is 646 g/mol. The number of nitrogens with zero attached hydrogens (tertiary/aromatic N) is 8. The summed E-state index contributed by atoms with van der Waals surface area (Å²) in [6.07, 6.45) is 4.25. The summed E-state index contributed by atoms with van der Waals surface area (Å²) in [5.41, 5.74) is 1.90. The van der Waals surface area contributed by atoms with E-state index < -0.39 is 29.4 Å². The minimum Gasteiger partial charge on any atom is -0.493 e. The van der Waals surface area contributed by atoms with Crippen LogP contribution in [0.2, 0.25) is 0 Å². The van der Waals surface area contributed by atoms with Crippen molar-refractivity contribution in [1.29, 1.82) is 0 Å². The van der Waals surface area contributed by atoms with Gasteiger partial charge in [0.1, 0.15) is 42.0 Å². The highest BCUT2D eigenvalue weighted by molar-refractivity contribution is 5.54. The predicted molar refractivity (Wildman–Crippen MR) is 183 cm³/mol. The lowest BCUT2D eigenvalue weighted by Crippen LogP contribution is -2.46. The Morgan fingerprint density at radius 2 is 1.58 bits per heavy atom. The van der Waals surface area contributed by atoms with Crippen molar-refractivity contribution in [3.8, 4) is 11.4 Å². The average Bonchev–Trinajstić information content (AvgIpc) is 3.88. The molecule has 262 valence electrons. The fourth-order valence-electron chi connectivity index (χ4n) is 6.78. The second kappa shape index (κ2) is 14.0. The molecule has 14 heteroatoms. The summed E-state index contributed by atoms with van der Waals surface area (Å²) in [5.74, 6) is -0.564. The number of ether oxygens (including phenoxy) is 2. The number of aliphatic hydroxyl groups is 1. The molecule has 0 unspecified atom stereocenters. The first-order chi connectivity index (χ1) is 24.2. The van der Waals surface area contributed by atoms with E-state index in [9.17, 15) is 18.7 Å². The van der Waals surface area contributed by atoms with E-state index >= 15 is 0 Å². The van der Waals surface area contributed by atoms with Crippen LogP contribution >= 0.6 is 0 Å². The maximum atomic E-state index is 15.0. The molecule has 0 spiro atoms. The maximum Gasteiger partial charge on any atom is 0.350 e. The average molecular weight is 687 g/mol. The van der Waals surface area contributed by atoms with Gasteiger partial charge in [0, 0.05) is 55.1 Å². The van der Waals surface area contributed by atoms with E-state index in [1.165, 1.54) is 34.0 Å². The Labute approximate surface area is 288 Å². The van der Waals surface area contributed by atoms with Crippen LogP contribution in [0.4, 0.5) is 20.2 Å². The van der Waals surface area contributed by atoms with E-state index in [1.807, 2.05) is 36.4 Å². The van der Waals surface area contributed by atoms with Crippen LogP contribution < -0.4 is 20.2 Å². The molecule has 4 atom stereocenters. The van der Waals surface area contributed by atoms with E-state index in [0.29, 0.717) is 25.2 Å². The van der Waals surface area contributed by atoms with Gasteiger partial charge in [-0.3, -0.25) is 0 Å². The van der Waals surface area contributed by atoms with Crippen molar-refractivity contribution in [3.05, 3.63) is 113 Å². The van der Waals surface area contributed by atoms with Crippen molar-refractivity contribution in [1.82, 2.24) is 29.1 Å². The summed E-state index contributed by atoms with van der Waals surface area (Å²) in [6, 6.07) is 19.1. The van der Waals surface area contributed by atoms with Gasteiger partial charge in [-0.25, -0.2) is 32.5 Å². The van der Waals surface area contributed by atoms with E-state index in [-0.39, 0.29) is 18.2 Å². The Morgan fingerprint density at radius 1 is 0.920 bits per heavy atom. The van der Waals surface area contributed by atoms with E-state index in [0.717, 1.165) is 55.1 Å². The van der Waals surface area contributed by atoms with Crippen molar-refractivity contribution in [2.75, 3.05) is 49.2 Å². The van der Waals surface area contributed by atoms with Crippen LogP contribution in [0, 0.1) is 17.6 Å². The molecular formula is C36H40F2N8O4. The molecule has 4 heterocycles. The molecule has 5 aromatic rings. The van der Waals surface area contributed by atoms with E-state index in [4.69, 9.17) is 9.47 Å². The molecule has 0 aliphatic carbocycles. The predicted octanol–water partition coefficient (Wildman–Crippen LogP) is 4.18. The van der Waals surface area contributed by atoms with Crippen LogP contribution in [0.5, 0.6) is 5.75 Å². The fraction of sp³-hybridized carbons (Fsp3) is 0.389. The number of hydrogen-bond acceptors (Lipinski definition) is 9. The first-order valence-electron chi connectivity index (χ1n) is 16.8. The van der Waals surface area contributed by atoms with Gasteiger partial charge in [-0.2, -0.15) is 10.2 Å². The molecule has 7 rings (SSSR count). The van der Waals surface area contributed by atoms with Crippen molar-refractivity contribution in [2.45, 2.75) is 44.6 Å². The normalized spacial score (nSPS) is 20.6. The summed E-state index contributed by atoms with van der Waals surface area (Å²) in [6.45, 7) is 7.77. The van der Waals surface area contributed by atoms with Crippen LogP contribution in [-0.2, 0) is 16.9 Å². The molecule has 1 N–H and O–H groups in total. The molecule has 2 fully saturated rings. The number of benzene rings is 3.